The summed E-state index contributed by atoms with van der Waals surface area (Å²) in [6.07, 6.45) is 9.55. The van der Waals surface area contributed by atoms with Gasteiger partial charge in [0.05, 0.1) is 12.2 Å². The van der Waals surface area contributed by atoms with Crippen molar-refractivity contribution in [1.82, 2.24) is 10.2 Å². The van der Waals surface area contributed by atoms with Gasteiger partial charge in [-0.2, -0.15) is 0 Å². The highest BCUT2D eigenvalue weighted by Gasteiger charge is 2.31. The van der Waals surface area contributed by atoms with Crippen molar-refractivity contribution in [2.75, 3.05) is 30.0 Å². The van der Waals surface area contributed by atoms with Gasteiger partial charge in [0.2, 0.25) is 0 Å². The van der Waals surface area contributed by atoms with E-state index in [1.54, 1.807) is 0 Å². The molecule has 2 aromatic rings. The number of hydrogen-bond acceptors (Lipinski definition) is 5. The molecule has 0 aliphatic carbocycles. The fourth-order valence-electron chi connectivity index (χ4n) is 5.68. The molecular formula is C37H39N5. The van der Waals surface area contributed by atoms with Gasteiger partial charge in [-0.3, -0.25) is 4.99 Å². The van der Waals surface area contributed by atoms with E-state index in [2.05, 4.69) is 144 Å². The zero-order chi connectivity index (χ0) is 29.6. The lowest BCUT2D eigenvalue weighted by Gasteiger charge is -2.42. The van der Waals surface area contributed by atoms with Crippen LogP contribution in [-0.4, -0.2) is 30.4 Å². The number of nitrogens with zero attached hydrogens (tertiary/aromatic N) is 3. The molecule has 5 heteroatoms. The minimum Gasteiger partial charge on any atom is -0.372 e. The molecule has 3 aliphatic heterocycles. The van der Waals surface area contributed by atoms with Crippen molar-refractivity contribution in [2.45, 2.75) is 34.1 Å². The Hall–Kier alpha value is -4.95. The van der Waals surface area contributed by atoms with Gasteiger partial charge in [0.1, 0.15) is 6.67 Å². The fraction of sp³-hybridized carbons (Fsp3) is 0.216. The fourth-order valence-corrected chi connectivity index (χ4v) is 5.68. The average molecular weight is 554 g/mol. The normalized spacial score (nSPS) is 17.3. The Balaban J connectivity index is 1.44. The molecule has 0 aromatic heterocycles. The maximum Gasteiger partial charge on any atom is 0.107 e. The van der Waals surface area contributed by atoms with Gasteiger partial charge in [0.25, 0.3) is 0 Å². The van der Waals surface area contributed by atoms with E-state index in [0.29, 0.717) is 6.67 Å². The van der Waals surface area contributed by atoms with Gasteiger partial charge in [-0.25, -0.2) is 0 Å². The molecule has 0 amide bonds. The maximum atomic E-state index is 4.61. The first-order chi connectivity index (χ1) is 20.4. The molecule has 3 heterocycles. The quantitative estimate of drug-likeness (QED) is 0.344. The summed E-state index contributed by atoms with van der Waals surface area (Å²) in [5.41, 5.74) is 13.1. The molecular weight excluding hydrogens is 514 g/mol. The second-order valence-corrected chi connectivity index (χ2v) is 10.4. The maximum absolute atomic E-state index is 4.61. The predicted octanol–water partition coefficient (Wildman–Crippen LogP) is 7.77. The summed E-state index contributed by atoms with van der Waals surface area (Å²) < 4.78 is 0. The summed E-state index contributed by atoms with van der Waals surface area (Å²) in [7, 11) is 0. The van der Waals surface area contributed by atoms with Gasteiger partial charge in [0, 0.05) is 58.1 Å². The van der Waals surface area contributed by atoms with Crippen LogP contribution in [0.1, 0.15) is 39.7 Å². The smallest absolute Gasteiger partial charge is 0.107 e. The van der Waals surface area contributed by atoms with Crippen LogP contribution in [0.2, 0.25) is 0 Å². The van der Waals surface area contributed by atoms with Gasteiger partial charge in [-0.1, -0.05) is 67.5 Å². The molecule has 0 spiro atoms. The topological polar surface area (TPSA) is 42.9 Å². The number of rotatable bonds is 7. The Morgan fingerprint density at radius 2 is 1.81 bits per heavy atom. The van der Waals surface area contributed by atoms with Crippen LogP contribution < -0.4 is 15.5 Å². The minimum atomic E-state index is 0.629. The van der Waals surface area contributed by atoms with Gasteiger partial charge >= 0.3 is 0 Å². The molecule has 0 radical (unpaired) electrons. The van der Waals surface area contributed by atoms with Crippen molar-refractivity contribution in [2.24, 2.45) is 4.99 Å². The predicted molar refractivity (Wildman–Crippen MR) is 179 cm³/mol. The molecule has 42 heavy (non-hydrogen) atoms. The van der Waals surface area contributed by atoms with Crippen molar-refractivity contribution in [3.63, 3.8) is 0 Å². The highest BCUT2D eigenvalue weighted by Crippen LogP contribution is 2.40. The van der Waals surface area contributed by atoms with Gasteiger partial charge in [-0.15, -0.1) is 0 Å². The molecule has 0 saturated heterocycles. The SMILES string of the molecule is C=C(C#CC)N1CCC2=C(C1)N(c1ccccc1)C(=C)C(/C(=C/C)Nc1ccc(/C(=C/C)C3=CNCN=C3C)cc1)=C2. The third-order valence-electron chi connectivity index (χ3n) is 7.87. The highest BCUT2D eigenvalue weighted by atomic mass is 15.2. The monoisotopic (exact) mass is 553 g/mol. The van der Waals surface area contributed by atoms with E-state index >= 15 is 0 Å². The summed E-state index contributed by atoms with van der Waals surface area (Å²) in [5.74, 6) is 6.14. The second-order valence-electron chi connectivity index (χ2n) is 10.4. The van der Waals surface area contributed by atoms with E-state index in [1.165, 1.54) is 16.8 Å². The van der Waals surface area contributed by atoms with Crippen molar-refractivity contribution < 1.29 is 0 Å². The van der Waals surface area contributed by atoms with Gasteiger partial charge in [0.15, 0.2) is 0 Å². The van der Waals surface area contributed by atoms with Crippen LogP contribution in [0.3, 0.4) is 0 Å². The Morgan fingerprint density at radius 3 is 2.48 bits per heavy atom. The molecule has 5 nitrogen and oxygen atoms in total. The molecule has 2 N–H and O–H groups in total. The van der Waals surface area contributed by atoms with Crippen LogP contribution in [0.15, 0.2) is 137 Å². The summed E-state index contributed by atoms with van der Waals surface area (Å²) in [6.45, 7) is 19.1. The van der Waals surface area contributed by atoms with Crippen LogP contribution in [0.25, 0.3) is 5.57 Å². The minimum absolute atomic E-state index is 0.629. The van der Waals surface area contributed by atoms with E-state index in [4.69, 9.17) is 0 Å². The molecule has 0 unspecified atom stereocenters. The molecule has 3 aliphatic rings. The van der Waals surface area contributed by atoms with E-state index in [1.807, 2.05) is 13.0 Å². The first-order valence-electron chi connectivity index (χ1n) is 14.5. The molecule has 0 saturated carbocycles. The third-order valence-corrected chi connectivity index (χ3v) is 7.87. The number of benzene rings is 2. The molecule has 0 bridgehead atoms. The number of anilines is 2. The number of aliphatic imine (C=N–C) groups is 1. The first-order valence-corrected chi connectivity index (χ1v) is 14.5. The highest BCUT2D eigenvalue weighted by molar-refractivity contribution is 6.12. The van der Waals surface area contributed by atoms with Crippen molar-refractivity contribution >= 4 is 22.7 Å². The van der Waals surface area contributed by atoms with E-state index < -0.39 is 0 Å². The third kappa shape index (κ3) is 5.75. The van der Waals surface area contributed by atoms with Crippen molar-refractivity contribution in [3.8, 4) is 11.8 Å². The lowest BCUT2D eigenvalue weighted by Crippen LogP contribution is -2.39. The Morgan fingerprint density at radius 1 is 1.05 bits per heavy atom. The number of para-hydroxylation sites is 1. The van der Waals surface area contributed by atoms with E-state index in [9.17, 15) is 0 Å². The second kappa shape index (κ2) is 12.7. The van der Waals surface area contributed by atoms with Gasteiger partial charge in [-0.05, 0) is 81.2 Å². The Labute approximate surface area is 250 Å². The van der Waals surface area contributed by atoms with Crippen LogP contribution in [-0.2, 0) is 0 Å². The Kier molecular flexibility index (Phi) is 8.64. The molecule has 5 rings (SSSR count). The van der Waals surface area contributed by atoms with Crippen LogP contribution in [0.4, 0.5) is 11.4 Å². The summed E-state index contributed by atoms with van der Waals surface area (Å²) >= 11 is 0. The lowest BCUT2D eigenvalue weighted by molar-refractivity contribution is 0.370. The zero-order valence-electron chi connectivity index (χ0n) is 25.1. The summed E-state index contributed by atoms with van der Waals surface area (Å²) in [4.78, 5) is 9.11. The van der Waals surface area contributed by atoms with Crippen molar-refractivity contribution in [3.05, 3.63) is 137 Å². The molecule has 2 aromatic carbocycles. The number of allylic oxidation sites excluding steroid dienone is 6. The largest absolute Gasteiger partial charge is 0.372 e. The molecule has 0 fully saturated rings. The van der Waals surface area contributed by atoms with Crippen molar-refractivity contribution in [1.29, 1.82) is 0 Å². The lowest BCUT2D eigenvalue weighted by atomic mass is 9.92. The van der Waals surface area contributed by atoms with E-state index in [0.717, 1.165) is 70.4 Å². The summed E-state index contributed by atoms with van der Waals surface area (Å²) in [6, 6.07) is 19.1. The molecule has 212 valence electrons. The summed E-state index contributed by atoms with van der Waals surface area (Å²) in [5, 5.41) is 6.92. The Bertz CT molecular complexity index is 1630. The van der Waals surface area contributed by atoms with E-state index in [-0.39, 0.29) is 0 Å². The first kappa shape index (κ1) is 28.6. The number of hydrogen-bond donors (Lipinski definition) is 2. The van der Waals surface area contributed by atoms with Crippen LogP contribution in [0, 0.1) is 11.8 Å². The number of nitrogens with one attached hydrogen (secondary N) is 2. The van der Waals surface area contributed by atoms with Crippen LogP contribution >= 0.6 is 0 Å². The average Bonchev–Trinajstić information content (AvgIpc) is 3.02. The molecule has 0 atom stereocenters. The standard InChI is InChI=1S/C37H39N5/c1-7-13-26(4)41-21-20-30-22-34(28(6)42(37(30)24-41)32-14-11-10-12-15-32)36(9-3)40-31-18-16-29(17-19-31)33(8-2)35-23-38-25-39-27(35)5/h8-12,14-19,22-23,38,40H,4,6,20-21,24-25H2,1-3,5H3/b33-8-,36-9-. The zero-order valence-corrected chi connectivity index (χ0v) is 25.1. The van der Waals surface area contributed by atoms with Crippen LogP contribution in [0.5, 0.6) is 0 Å². The van der Waals surface area contributed by atoms with Gasteiger partial charge < -0.3 is 20.4 Å².